The molecule has 2 aromatic carbocycles. The summed E-state index contributed by atoms with van der Waals surface area (Å²) in [5.74, 6) is 0.944. The first-order valence-corrected chi connectivity index (χ1v) is 11.4. The molecule has 0 spiro atoms. The molecule has 31 heavy (non-hydrogen) atoms. The number of hydrogen-bond acceptors (Lipinski definition) is 3. The third-order valence-corrected chi connectivity index (χ3v) is 6.41. The van der Waals surface area contributed by atoms with E-state index < -0.39 is 0 Å². The Morgan fingerprint density at radius 3 is 2.29 bits per heavy atom. The summed E-state index contributed by atoms with van der Waals surface area (Å²) in [6, 6.07) is 22.6. The lowest BCUT2D eigenvalue weighted by atomic mass is 10.0. The zero-order valence-electron chi connectivity index (χ0n) is 18.5. The highest BCUT2D eigenvalue weighted by Crippen LogP contribution is 2.20. The maximum atomic E-state index is 4.49. The summed E-state index contributed by atoms with van der Waals surface area (Å²) in [5, 5.41) is 7.26. The van der Waals surface area contributed by atoms with Gasteiger partial charge in [-0.25, -0.2) is 0 Å². The second kappa shape index (κ2) is 12.3. The van der Waals surface area contributed by atoms with Crippen LogP contribution in [-0.4, -0.2) is 56.2 Å². The molecule has 1 atom stereocenters. The van der Waals surface area contributed by atoms with E-state index in [1.165, 1.54) is 30.6 Å². The lowest BCUT2D eigenvalue weighted by Crippen LogP contribution is -2.50. The molecule has 5 nitrogen and oxygen atoms in total. The number of rotatable bonds is 6. The summed E-state index contributed by atoms with van der Waals surface area (Å²) in [5.41, 5.74) is 2.73. The van der Waals surface area contributed by atoms with Crippen molar-refractivity contribution in [2.75, 3.05) is 38.1 Å². The fourth-order valence-electron chi connectivity index (χ4n) is 4.68. The smallest absolute Gasteiger partial charge is 0.191 e. The molecule has 0 aliphatic carbocycles. The molecule has 2 aliphatic heterocycles. The van der Waals surface area contributed by atoms with Crippen LogP contribution in [0, 0.1) is 0 Å². The van der Waals surface area contributed by atoms with Crippen LogP contribution < -0.4 is 15.5 Å². The van der Waals surface area contributed by atoms with Crippen LogP contribution in [-0.2, 0) is 6.54 Å². The molecule has 2 aromatic rings. The first kappa shape index (κ1) is 23.9. The number of anilines is 1. The number of nitrogens with one attached hydrogen (secondary N) is 2. The van der Waals surface area contributed by atoms with E-state index in [1.54, 1.807) is 0 Å². The first-order chi connectivity index (χ1) is 14.8. The van der Waals surface area contributed by atoms with Gasteiger partial charge < -0.3 is 15.5 Å². The quantitative estimate of drug-likeness (QED) is 0.334. The Morgan fingerprint density at radius 1 is 0.935 bits per heavy atom. The minimum absolute atomic E-state index is 0. The number of likely N-dealkylation sites (tertiary alicyclic amines) is 1. The highest BCUT2D eigenvalue weighted by atomic mass is 127. The molecule has 1 unspecified atom stereocenters. The molecule has 0 aromatic heterocycles. The molecule has 0 saturated carbocycles. The zero-order valence-corrected chi connectivity index (χ0v) is 20.9. The molecular weight excluding hydrogens is 497 g/mol. The number of guanidine groups is 1. The van der Waals surface area contributed by atoms with Gasteiger partial charge in [-0.1, -0.05) is 48.5 Å². The van der Waals surface area contributed by atoms with Crippen LogP contribution in [0.2, 0.25) is 0 Å². The van der Waals surface area contributed by atoms with Crippen LogP contribution in [0.15, 0.2) is 65.7 Å². The van der Waals surface area contributed by atoms with Gasteiger partial charge in [0.25, 0.3) is 0 Å². The molecule has 4 rings (SSSR count). The topological polar surface area (TPSA) is 42.9 Å². The van der Waals surface area contributed by atoms with Crippen LogP contribution in [0.1, 0.15) is 31.2 Å². The molecule has 168 valence electrons. The van der Waals surface area contributed by atoms with Crippen molar-refractivity contribution in [2.24, 2.45) is 4.99 Å². The molecule has 0 bridgehead atoms. The fourth-order valence-corrected chi connectivity index (χ4v) is 4.68. The summed E-state index contributed by atoms with van der Waals surface area (Å²) in [6.07, 6.45) is 4.81. The Bertz CT molecular complexity index is 790. The largest absolute Gasteiger partial charge is 0.371 e. The minimum atomic E-state index is 0. The predicted octanol–water partition coefficient (Wildman–Crippen LogP) is 4.10. The average Bonchev–Trinajstić information content (AvgIpc) is 3.25. The van der Waals surface area contributed by atoms with Crippen LogP contribution in [0.5, 0.6) is 0 Å². The van der Waals surface area contributed by atoms with Gasteiger partial charge in [-0.15, -0.1) is 24.0 Å². The van der Waals surface area contributed by atoms with Gasteiger partial charge in [-0.05, 0) is 49.9 Å². The third kappa shape index (κ3) is 6.84. The molecule has 0 radical (unpaired) electrons. The highest BCUT2D eigenvalue weighted by molar-refractivity contribution is 14.0. The van der Waals surface area contributed by atoms with E-state index in [1.807, 2.05) is 7.05 Å². The van der Waals surface area contributed by atoms with Crippen LogP contribution in [0.25, 0.3) is 0 Å². The number of aliphatic imine (C=N–C) groups is 1. The summed E-state index contributed by atoms with van der Waals surface area (Å²) in [4.78, 5) is 9.58. The van der Waals surface area contributed by atoms with Crippen molar-refractivity contribution in [3.8, 4) is 0 Å². The van der Waals surface area contributed by atoms with Crippen molar-refractivity contribution >= 4 is 35.6 Å². The number of hydrogen-bond donors (Lipinski definition) is 2. The Hall–Kier alpha value is -1.80. The molecular formula is C25H36IN5. The normalized spacial score (nSPS) is 20.4. The van der Waals surface area contributed by atoms with E-state index in [0.29, 0.717) is 12.1 Å². The first-order valence-electron chi connectivity index (χ1n) is 11.4. The maximum absolute atomic E-state index is 4.49. The Morgan fingerprint density at radius 2 is 1.61 bits per heavy atom. The van der Waals surface area contributed by atoms with Crippen LogP contribution in [0.3, 0.4) is 0 Å². The van der Waals surface area contributed by atoms with E-state index in [-0.39, 0.29) is 24.0 Å². The van der Waals surface area contributed by atoms with Crippen molar-refractivity contribution in [1.82, 2.24) is 15.5 Å². The van der Waals surface area contributed by atoms with Gasteiger partial charge in [0.05, 0.1) is 0 Å². The second-order valence-electron chi connectivity index (χ2n) is 8.45. The van der Waals surface area contributed by atoms with E-state index in [9.17, 15) is 0 Å². The molecule has 2 heterocycles. The Kier molecular flexibility index (Phi) is 9.46. The molecule has 2 saturated heterocycles. The van der Waals surface area contributed by atoms with Gasteiger partial charge in [0, 0.05) is 51.0 Å². The molecule has 6 heteroatoms. The van der Waals surface area contributed by atoms with Crippen molar-refractivity contribution in [1.29, 1.82) is 0 Å². The average molecular weight is 534 g/mol. The fraction of sp³-hybridized carbons (Fsp3) is 0.480. The summed E-state index contributed by atoms with van der Waals surface area (Å²) in [7, 11) is 1.88. The van der Waals surface area contributed by atoms with Crippen molar-refractivity contribution < 1.29 is 0 Å². The van der Waals surface area contributed by atoms with Gasteiger partial charge in [0.15, 0.2) is 5.96 Å². The lowest BCUT2D eigenvalue weighted by Gasteiger charge is -2.34. The maximum Gasteiger partial charge on any atom is 0.191 e. The standard InChI is InChI=1S/C25H35N5.HI/c1-26-25(28-22-14-17-29(18-15-22)23-11-6-3-7-12-23)27-19-24-13-8-16-30(24)20-21-9-4-2-5-10-21;/h2-7,9-12,22,24H,8,13-20H2,1H3,(H2,26,27,28);1H. The van der Waals surface area contributed by atoms with Gasteiger partial charge in [0.1, 0.15) is 0 Å². The van der Waals surface area contributed by atoms with E-state index in [0.717, 1.165) is 45.0 Å². The summed E-state index contributed by atoms with van der Waals surface area (Å²) >= 11 is 0. The number of halogens is 1. The summed E-state index contributed by atoms with van der Waals surface area (Å²) < 4.78 is 0. The molecule has 2 aliphatic rings. The van der Waals surface area contributed by atoms with Crippen molar-refractivity contribution in [3.05, 3.63) is 66.2 Å². The number of nitrogens with zero attached hydrogens (tertiary/aromatic N) is 3. The van der Waals surface area contributed by atoms with Crippen molar-refractivity contribution in [2.45, 2.75) is 44.3 Å². The van der Waals surface area contributed by atoms with Gasteiger partial charge in [0.2, 0.25) is 0 Å². The molecule has 2 fully saturated rings. The van der Waals surface area contributed by atoms with E-state index in [4.69, 9.17) is 0 Å². The highest BCUT2D eigenvalue weighted by Gasteiger charge is 2.25. The van der Waals surface area contributed by atoms with Gasteiger partial charge in [-0.3, -0.25) is 9.89 Å². The molecule has 2 N–H and O–H groups in total. The van der Waals surface area contributed by atoms with Crippen LogP contribution in [0.4, 0.5) is 5.69 Å². The van der Waals surface area contributed by atoms with E-state index >= 15 is 0 Å². The van der Waals surface area contributed by atoms with Gasteiger partial charge >= 0.3 is 0 Å². The Labute approximate surface area is 204 Å². The monoisotopic (exact) mass is 533 g/mol. The lowest BCUT2D eigenvalue weighted by molar-refractivity contribution is 0.245. The Balaban J connectivity index is 0.00000272. The van der Waals surface area contributed by atoms with Crippen molar-refractivity contribution in [3.63, 3.8) is 0 Å². The number of benzene rings is 2. The molecule has 0 amide bonds. The zero-order chi connectivity index (χ0) is 20.6. The number of para-hydroxylation sites is 1. The summed E-state index contributed by atoms with van der Waals surface area (Å²) in [6.45, 7) is 5.36. The predicted molar refractivity (Wildman–Crippen MR) is 141 cm³/mol. The SMILES string of the molecule is CN=C(NCC1CCCN1Cc1ccccc1)NC1CCN(c2ccccc2)CC1.I. The minimum Gasteiger partial charge on any atom is -0.371 e. The number of piperidine rings is 1. The second-order valence-corrected chi connectivity index (χ2v) is 8.45. The third-order valence-electron chi connectivity index (χ3n) is 6.41. The van der Waals surface area contributed by atoms with Gasteiger partial charge in [-0.2, -0.15) is 0 Å². The van der Waals surface area contributed by atoms with Crippen LogP contribution >= 0.6 is 24.0 Å². The van der Waals surface area contributed by atoms with E-state index in [2.05, 4.69) is 86.1 Å².